The second kappa shape index (κ2) is 6.00. The summed E-state index contributed by atoms with van der Waals surface area (Å²) < 4.78 is 0. The van der Waals surface area contributed by atoms with Crippen molar-refractivity contribution in [1.29, 1.82) is 0 Å². The molecule has 0 fully saturated rings. The number of carboxylic acids is 1. The SMILES string of the molecule is Cc1cccc(C(=O)O)c1NCCc1cccnc1. The predicted octanol–water partition coefficient (Wildman–Crippen LogP) is 2.74. The molecule has 0 unspecified atom stereocenters. The van der Waals surface area contributed by atoms with Crippen LogP contribution in [0.1, 0.15) is 21.5 Å². The van der Waals surface area contributed by atoms with E-state index in [1.165, 1.54) is 0 Å². The lowest BCUT2D eigenvalue weighted by atomic mass is 10.1. The number of hydrogen-bond donors (Lipinski definition) is 2. The predicted molar refractivity (Wildman–Crippen MR) is 74.6 cm³/mol. The van der Waals surface area contributed by atoms with Gasteiger partial charge in [-0.2, -0.15) is 0 Å². The standard InChI is InChI=1S/C15H16N2O2/c1-11-4-2-6-13(15(18)19)14(11)17-9-7-12-5-3-8-16-10-12/h2-6,8,10,17H,7,9H2,1H3,(H,18,19). The van der Waals surface area contributed by atoms with Crippen molar-refractivity contribution in [1.82, 2.24) is 4.98 Å². The maximum Gasteiger partial charge on any atom is 0.337 e. The van der Waals surface area contributed by atoms with E-state index in [-0.39, 0.29) is 0 Å². The van der Waals surface area contributed by atoms with Gasteiger partial charge in [-0.15, -0.1) is 0 Å². The van der Waals surface area contributed by atoms with Crippen molar-refractivity contribution in [2.75, 3.05) is 11.9 Å². The molecule has 0 saturated heterocycles. The average Bonchev–Trinajstić information content (AvgIpc) is 2.41. The Kier molecular flexibility index (Phi) is 4.13. The minimum absolute atomic E-state index is 0.311. The quantitative estimate of drug-likeness (QED) is 0.863. The molecule has 0 spiro atoms. The summed E-state index contributed by atoms with van der Waals surface area (Å²) in [5.41, 5.74) is 3.07. The molecule has 4 heteroatoms. The van der Waals surface area contributed by atoms with E-state index >= 15 is 0 Å². The Morgan fingerprint density at radius 2 is 2.16 bits per heavy atom. The second-order valence-electron chi connectivity index (χ2n) is 4.34. The molecule has 4 nitrogen and oxygen atoms in total. The third-order valence-electron chi connectivity index (χ3n) is 2.94. The number of rotatable bonds is 5. The molecule has 0 aliphatic heterocycles. The third-order valence-corrected chi connectivity index (χ3v) is 2.94. The highest BCUT2D eigenvalue weighted by molar-refractivity contribution is 5.95. The molecule has 0 radical (unpaired) electrons. The lowest BCUT2D eigenvalue weighted by molar-refractivity contribution is 0.0698. The fraction of sp³-hybridized carbons (Fsp3) is 0.200. The fourth-order valence-corrected chi connectivity index (χ4v) is 1.96. The maximum atomic E-state index is 11.2. The van der Waals surface area contributed by atoms with E-state index in [0.717, 1.165) is 17.5 Å². The topological polar surface area (TPSA) is 62.2 Å². The zero-order chi connectivity index (χ0) is 13.7. The minimum Gasteiger partial charge on any atom is -0.478 e. The molecule has 0 aliphatic carbocycles. The first-order chi connectivity index (χ1) is 9.18. The Labute approximate surface area is 112 Å². The Bertz CT molecular complexity index is 568. The van der Waals surface area contributed by atoms with E-state index in [1.54, 1.807) is 18.3 Å². The van der Waals surface area contributed by atoms with Crippen LogP contribution < -0.4 is 5.32 Å². The number of benzene rings is 1. The number of para-hydroxylation sites is 1. The number of anilines is 1. The zero-order valence-electron chi connectivity index (χ0n) is 10.8. The number of nitrogens with one attached hydrogen (secondary N) is 1. The van der Waals surface area contributed by atoms with E-state index in [4.69, 9.17) is 5.11 Å². The van der Waals surface area contributed by atoms with Crippen molar-refractivity contribution in [2.24, 2.45) is 0 Å². The number of pyridine rings is 1. The van der Waals surface area contributed by atoms with Crippen LogP contribution in [0.3, 0.4) is 0 Å². The first-order valence-corrected chi connectivity index (χ1v) is 6.14. The highest BCUT2D eigenvalue weighted by Gasteiger charge is 2.11. The number of carbonyl (C=O) groups is 1. The molecule has 0 aliphatic rings. The molecule has 1 aromatic heterocycles. The number of aromatic nitrogens is 1. The van der Waals surface area contributed by atoms with Crippen LogP contribution in [0.4, 0.5) is 5.69 Å². The minimum atomic E-state index is -0.910. The monoisotopic (exact) mass is 256 g/mol. The van der Waals surface area contributed by atoms with Crippen LogP contribution in [0.15, 0.2) is 42.7 Å². The van der Waals surface area contributed by atoms with Crippen LogP contribution in [0.5, 0.6) is 0 Å². The molecule has 0 bridgehead atoms. The van der Waals surface area contributed by atoms with E-state index in [1.807, 2.05) is 31.3 Å². The summed E-state index contributed by atoms with van der Waals surface area (Å²) in [5, 5.41) is 12.4. The van der Waals surface area contributed by atoms with Gasteiger partial charge in [0, 0.05) is 18.9 Å². The maximum absolute atomic E-state index is 11.2. The van der Waals surface area contributed by atoms with Gasteiger partial charge in [-0.1, -0.05) is 18.2 Å². The van der Waals surface area contributed by atoms with Gasteiger partial charge in [0.05, 0.1) is 11.3 Å². The van der Waals surface area contributed by atoms with Gasteiger partial charge in [0.1, 0.15) is 0 Å². The molecular formula is C15H16N2O2. The molecule has 2 aromatic rings. The zero-order valence-corrected chi connectivity index (χ0v) is 10.8. The summed E-state index contributed by atoms with van der Waals surface area (Å²) in [6.07, 6.45) is 4.36. The van der Waals surface area contributed by atoms with Crippen LogP contribution in [0, 0.1) is 6.92 Å². The normalized spacial score (nSPS) is 10.2. The molecule has 1 heterocycles. The number of carboxylic acid groups (broad SMARTS) is 1. The summed E-state index contributed by atoms with van der Waals surface area (Å²) in [4.78, 5) is 15.2. The van der Waals surface area contributed by atoms with Crippen molar-refractivity contribution < 1.29 is 9.90 Å². The molecule has 0 saturated carbocycles. The second-order valence-corrected chi connectivity index (χ2v) is 4.34. The van der Waals surface area contributed by atoms with Crippen molar-refractivity contribution in [3.63, 3.8) is 0 Å². The van der Waals surface area contributed by atoms with Gasteiger partial charge >= 0.3 is 5.97 Å². The molecule has 0 atom stereocenters. The Morgan fingerprint density at radius 1 is 1.32 bits per heavy atom. The van der Waals surface area contributed by atoms with E-state index in [2.05, 4.69) is 10.3 Å². The molecule has 19 heavy (non-hydrogen) atoms. The highest BCUT2D eigenvalue weighted by Crippen LogP contribution is 2.20. The van der Waals surface area contributed by atoms with E-state index < -0.39 is 5.97 Å². The van der Waals surface area contributed by atoms with Crippen LogP contribution in [-0.2, 0) is 6.42 Å². The summed E-state index contributed by atoms with van der Waals surface area (Å²) in [5.74, 6) is -0.910. The lowest BCUT2D eigenvalue weighted by Gasteiger charge is -2.12. The number of hydrogen-bond acceptors (Lipinski definition) is 3. The molecule has 0 amide bonds. The van der Waals surface area contributed by atoms with Crippen LogP contribution in [0.25, 0.3) is 0 Å². The van der Waals surface area contributed by atoms with Crippen LogP contribution in [0.2, 0.25) is 0 Å². The fourth-order valence-electron chi connectivity index (χ4n) is 1.96. The Balaban J connectivity index is 2.05. The largest absolute Gasteiger partial charge is 0.478 e. The molecule has 2 N–H and O–H groups in total. The van der Waals surface area contributed by atoms with Gasteiger partial charge in [-0.3, -0.25) is 4.98 Å². The van der Waals surface area contributed by atoms with Gasteiger partial charge in [-0.05, 0) is 36.6 Å². The first kappa shape index (κ1) is 13.1. The molecule has 1 aromatic carbocycles. The number of aryl methyl sites for hydroxylation is 1. The molecule has 2 rings (SSSR count). The third kappa shape index (κ3) is 3.31. The van der Waals surface area contributed by atoms with Gasteiger partial charge in [0.25, 0.3) is 0 Å². The lowest BCUT2D eigenvalue weighted by Crippen LogP contribution is -2.11. The summed E-state index contributed by atoms with van der Waals surface area (Å²) >= 11 is 0. The number of nitrogens with zero attached hydrogens (tertiary/aromatic N) is 1. The van der Waals surface area contributed by atoms with Crippen molar-refractivity contribution in [3.05, 3.63) is 59.4 Å². The van der Waals surface area contributed by atoms with Crippen molar-refractivity contribution in [3.8, 4) is 0 Å². The Hall–Kier alpha value is -2.36. The molecular weight excluding hydrogens is 240 g/mol. The summed E-state index contributed by atoms with van der Waals surface area (Å²) in [6, 6.07) is 9.17. The highest BCUT2D eigenvalue weighted by atomic mass is 16.4. The van der Waals surface area contributed by atoms with Gasteiger partial charge in [0.2, 0.25) is 0 Å². The Morgan fingerprint density at radius 3 is 2.84 bits per heavy atom. The van der Waals surface area contributed by atoms with E-state index in [9.17, 15) is 4.79 Å². The van der Waals surface area contributed by atoms with Gasteiger partial charge < -0.3 is 10.4 Å². The van der Waals surface area contributed by atoms with Crippen molar-refractivity contribution in [2.45, 2.75) is 13.3 Å². The molecule has 98 valence electrons. The van der Waals surface area contributed by atoms with Gasteiger partial charge in [0.15, 0.2) is 0 Å². The summed E-state index contributed by atoms with van der Waals surface area (Å²) in [6.45, 7) is 2.58. The van der Waals surface area contributed by atoms with E-state index in [0.29, 0.717) is 17.8 Å². The van der Waals surface area contributed by atoms with Crippen LogP contribution >= 0.6 is 0 Å². The number of aromatic carboxylic acids is 1. The van der Waals surface area contributed by atoms with Crippen LogP contribution in [-0.4, -0.2) is 22.6 Å². The van der Waals surface area contributed by atoms with Gasteiger partial charge in [-0.25, -0.2) is 4.79 Å². The van der Waals surface area contributed by atoms with Crippen molar-refractivity contribution >= 4 is 11.7 Å². The summed E-state index contributed by atoms with van der Waals surface area (Å²) in [7, 11) is 0. The average molecular weight is 256 g/mol. The smallest absolute Gasteiger partial charge is 0.337 e. The first-order valence-electron chi connectivity index (χ1n) is 6.14.